The third-order valence-corrected chi connectivity index (χ3v) is 3.85. The molecule has 1 N–H and O–H groups in total. The van der Waals surface area contributed by atoms with Crippen molar-refractivity contribution in [3.63, 3.8) is 0 Å². The number of aromatic nitrogens is 1. The molecule has 106 valence electrons. The van der Waals surface area contributed by atoms with E-state index in [2.05, 4.69) is 32.3 Å². The van der Waals surface area contributed by atoms with Gasteiger partial charge in [-0.25, -0.2) is 4.98 Å². The van der Waals surface area contributed by atoms with Crippen molar-refractivity contribution in [3.8, 4) is 5.75 Å². The zero-order valence-electron chi connectivity index (χ0n) is 11.4. The Labute approximate surface area is 132 Å². The largest absolute Gasteiger partial charge is 0.492 e. The summed E-state index contributed by atoms with van der Waals surface area (Å²) in [6.45, 7) is 1.30. The summed E-state index contributed by atoms with van der Waals surface area (Å²) in [4.78, 5) is 4.41. The van der Waals surface area contributed by atoms with Crippen LogP contribution in [0.15, 0.2) is 65.3 Å². The van der Waals surface area contributed by atoms with E-state index in [-0.39, 0.29) is 0 Å². The maximum atomic E-state index is 5.66. The zero-order chi connectivity index (χ0) is 14.5. The molecule has 0 aliphatic rings. The lowest BCUT2D eigenvalue weighted by Crippen LogP contribution is -2.12. The van der Waals surface area contributed by atoms with Crippen LogP contribution in [0, 0.1) is 0 Å². The van der Waals surface area contributed by atoms with Crippen molar-refractivity contribution in [3.05, 3.63) is 65.3 Å². The molecule has 0 fully saturated rings. The molecule has 1 heterocycles. The summed E-state index contributed by atoms with van der Waals surface area (Å²) >= 11 is 3.56. The van der Waals surface area contributed by atoms with E-state index in [9.17, 15) is 0 Å². The highest BCUT2D eigenvalue weighted by atomic mass is 79.9. The minimum atomic E-state index is 0.593. The summed E-state index contributed by atoms with van der Waals surface area (Å²) in [5.41, 5.74) is 0. The number of rotatable bonds is 5. The van der Waals surface area contributed by atoms with E-state index in [1.807, 2.05) is 54.7 Å². The number of para-hydroxylation sites is 1. The van der Waals surface area contributed by atoms with Crippen LogP contribution in [0.4, 0.5) is 5.82 Å². The molecular formula is C17H15BrN2O. The molecule has 0 saturated heterocycles. The van der Waals surface area contributed by atoms with Gasteiger partial charge in [0.25, 0.3) is 0 Å². The predicted molar refractivity (Wildman–Crippen MR) is 89.9 cm³/mol. The number of nitrogens with one attached hydrogen (secondary N) is 1. The minimum absolute atomic E-state index is 0.593. The first-order valence-electron chi connectivity index (χ1n) is 6.79. The van der Waals surface area contributed by atoms with Gasteiger partial charge in [0.2, 0.25) is 0 Å². The van der Waals surface area contributed by atoms with Gasteiger partial charge in [0.1, 0.15) is 18.2 Å². The standard InChI is InChI=1S/C17H15BrN2O/c18-16-8-4-7-15-14(16)9-10-19-17(15)20-11-12-21-13-5-2-1-3-6-13/h1-10H,11-12H2,(H,19,20). The van der Waals surface area contributed by atoms with Crippen molar-refractivity contribution in [2.24, 2.45) is 0 Å². The van der Waals surface area contributed by atoms with Gasteiger partial charge in [-0.1, -0.05) is 46.3 Å². The normalized spacial score (nSPS) is 10.5. The summed E-state index contributed by atoms with van der Waals surface area (Å²) in [6, 6.07) is 17.9. The number of hydrogen-bond donors (Lipinski definition) is 1. The maximum absolute atomic E-state index is 5.66. The van der Waals surface area contributed by atoms with Gasteiger partial charge in [-0.15, -0.1) is 0 Å². The first kappa shape index (κ1) is 13.9. The quantitative estimate of drug-likeness (QED) is 0.693. The van der Waals surface area contributed by atoms with Crippen molar-refractivity contribution >= 4 is 32.5 Å². The smallest absolute Gasteiger partial charge is 0.133 e. The first-order chi connectivity index (χ1) is 10.3. The molecule has 0 bridgehead atoms. The Hall–Kier alpha value is -2.07. The van der Waals surface area contributed by atoms with Crippen LogP contribution in [-0.4, -0.2) is 18.1 Å². The van der Waals surface area contributed by atoms with Crippen LogP contribution in [0.1, 0.15) is 0 Å². The molecule has 0 unspecified atom stereocenters. The van der Waals surface area contributed by atoms with Crippen LogP contribution in [0.2, 0.25) is 0 Å². The third kappa shape index (κ3) is 3.34. The SMILES string of the molecule is Brc1cccc2c(NCCOc3ccccc3)nccc12. The molecule has 0 spiro atoms. The average Bonchev–Trinajstić information content (AvgIpc) is 2.53. The van der Waals surface area contributed by atoms with Gasteiger partial charge >= 0.3 is 0 Å². The number of pyridine rings is 1. The fourth-order valence-electron chi connectivity index (χ4n) is 2.16. The second-order valence-electron chi connectivity index (χ2n) is 4.58. The Morgan fingerprint density at radius 1 is 0.952 bits per heavy atom. The maximum Gasteiger partial charge on any atom is 0.133 e. The van der Waals surface area contributed by atoms with Crippen LogP contribution in [-0.2, 0) is 0 Å². The summed E-state index contributed by atoms with van der Waals surface area (Å²) in [5, 5.41) is 5.58. The van der Waals surface area contributed by atoms with Crippen LogP contribution in [0.25, 0.3) is 10.8 Å². The van der Waals surface area contributed by atoms with Crippen molar-refractivity contribution in [2.75, 3.05) is 18.5 Å². The highest BCUT2D eigenvalue weighted by Crippen LogP contribution is 2.27. The van der Waals surface area contributed by atoms with Crippen molar-refractivity contribution in [1.29, 1.82) is 0 Å². The van der Waals surface area contributed by atoms with Crippen molar-refractivity contribution in [1.82, 2.24) is 4.98 Å². The van der Waals surface area contributed by atoms with Crippen molar-refractivity contribution < 1.29 is 4.74 Å². The number of hydrogen-bond acceptors (Lipinski definition) is 3. The van der Waals surface area contributed by atoms with E-state index in [1.165, 1.54) is 0 Å². The van der Waals surface area contributed by atoms with Crippen molar-refractivity contribution in [2.45, 2.75) is 0 Å². The summed E-state index contributed by atoms with van der Waals surface area (Å²) in [7, 11) is 0. The molecule has 3 rings (SSSR count). The Kier molecular flexibility index (Phi) is 4.36. The number of fused-ring (bicyclic) bond motifs is 1. The molecule has 3 nitrogen and oxygen atoms in total. The molecule has 1 aromatic heterocycles. The monoisotopic (exact) mass is 342 g/mol. The topological polar surface area (TPSA) is 34.1 Å². The molecule has 0 atom stereocenters. The molecule has 0 radical (unpaired) electrons. The molecule has 4 heteroatoms. The number of ether oxygens (including phenoxy) is 1. The lowest BCUT2D eigenvalue weighted by atomic mass is 10.1. The van der Waals surface area contributed by atoms with Gasteiger partial charge in [0.15, 0.2) is 0 Å². The Bertz CT molecular complexity index is 731. The Morgan fingerprint density at radius 2 is 1.81 bits per heavy atom. The number of nitrogens with zero attached hydrogens (tertiary/aromatic N) is 1. The van der Waals surface area contributed by atoms with E-state index >= 15 is 0 Å². The van der Waals surface area contributed by atoms with Gasteiger partial charge in [-0.3, -0.25) is 0 Å². The van der Waals surface area contributed by atoms with E-state index < -0.39 is 0 Å². The molecule has 2 aromatic carbocycles. The Balaban J connectivity index is 1.65. The van der Waals surface area contributed by atoms with E-state index in [1.54, 1.807) is 0 Å². The van der Waals surface area contributed by atoms with Gasteiger partial charge in [0, 0.05) is 21.4 Å². The van der Waals surface area contributed by atoms with Crippen LogP contribution >= 0.6 is 15.9 Å². The molecular weight excluding hydrogens is 328 g/mol. The summed E-state index contributed by atoms with van der Waals surface area (Å²) in [5.74, 6) is 1.76. The molecule has 0 aliphatic carbocycles. The second kappa shape index (κ2) is 6.59. The first-order valence-corrected chi connectivity index (χ1v) is 7.59. The molecule has 3 aromatic rings. The number of halogens is 1. The van der Waals surface area contributed by atoms with E-state index in [4.69, 9.17) is 4.74 Å². The van der Waals surface area contributed by atoms with E-state index in [0.29, 0.717) is 13.2 Å². The average molecular weight is 343 g/mol. The third-order valence-electron chi connectivity index (χ3n) is 3.16. The van der Waals surface area contributed by atoms with Crippen LogP contribution in [0.3, 0.4) is 0 Å². The van der Waals surface area contributed by atoms with Gasteiger partial charge < -0.3 is 10.1 Å². The van der Waals surface area contributed by atoms with E-state index in [0.717, 1.165) is 26.8 Å². The lowest BCUT2D eigenvalue weighted by molar-refractivity contribution is 0.333. The molecule has 21 heavy (non-hydrogen) atoms. The van der Waals surface area contributed by atoms with Crippen LogP contribution in [0.5, 0.6) is 5.75 Å². The fourth-order valence-corrected chi connectivity index (χ4v) is 2.66. The molecule has 0 aliphatic heterocycles. The molecule has 0 saturated carbocycles. The zero-order valence-corrected chi connectivity index (χ0v) is 13.0. The molecule has 0 amide bonds. The minimum Gasteiger partial charge on any atom is -0.492 e. The summed E-state index contributed by atoms with van der Waals surface area (Å²) < 4.78 is 6.74. The highest BCUT2D eigenvalue weighted by molar-refractivity contribution is 9.10. The van der Waals surface area contributed by atoms with Gasteiger partial charge in [-0.2, -0.15) is 0 Å². The lowest BCUT2D eigenvalue weighted by Gasteiger charge is -2.10. The fraction of sp³-hybridized carbons (Fsp3) is 0.118. The second-order valence-corrected chi connectivity index (χ2v) is 5.44. The number of anilines is 1. The van der Waals surface area contributed by atoms with Crippen LogP contribution < -0.4 is 10.1 Å². The number of benzene rings is 2. The Morgan fingerprint density at radius 3 is 2.67 bits per heavy atom. The predicted octanol–water partition coefficient (Wildman–Crippen LogP) is 4.49. The highest BCUT2D eigenvalue weighted by Gasteiger charge is 2.04. The summed E-state index contributed by atoms with van der Waals surface area (Å²) in [6.07, 6.45) is 1.81. The van der Waals surface area contributed by atoms with Gasteiger partial charge in [0.05, 0.1) is 6.54 Å². The van der Waals surface area contributed by atoms with Gasteiger partial charge in [-0.05, 0) is 24.3 Å².